The van der Waals surface area contributed by atoms with E-state index in [9.17, 15) is 19.6 Å². The molecule has 0 aliphatic carbocycles. The van der Waals surface area contributed by atoms with Gasteiger partial charge in [0.05, 0.1) is 16.8 Å². The third-order valence-corrected chi connectivity index (χ3v) is 3.71. The van der Waals surface area contributed by atoms with Crippen molar-refractivity contribution in [3.05, 3.63) is 33.9 Å². The van der Waals surface area contributed by atoms with Crippen LogP contribution in [0.4, 0.5) is 5.69 Å². The molecule has 7 heteroatoms. The Balaban J connectivity index is 3.27. The largest absolute Gasteiger partial charge is 0.359 e. The molecule has 1 aromatic rings. The fourth-order valence-corrected chi connectivity index (χ4v) is 2.57. The van der Waals surface area contributed by atoms with Crippen LogP contribution in [-0.4, -0.2) is 16.4 Å². The zero-order valence-electron chi connectivity index (χ0n) is 8.91. The lowest BCUT2D eigenvalue weighted by atomic mass is 10.2. The second kappa shape index (κ2) is 4.74. The zero-order chi connectivity index (χ0) is 12.3. The Bertz CT molecular complexity index is 459. The van der Waals surface area contributed by atoms with E-state index in [1.807, 2.05) is 0 Å². The number of aryl methyl sites for hydroxylation is 1. The molecule has 0 fully saturated rings. The summed E-state index contributed by atoms with van der Waals surface area (Å²) >= 11 is 0. The average Bonchev–Trinajstić information content (AvgIpc) is 2.17. The summed E-state index contributed by atoms with van der Waals surface area (Å²) in [5.74, 6) is 0. The highest BCUT2D eigenvalue weighted by Gasteiger charge is 2.26. The maximum Gasteiger partial charge on any atom is 0.359 e. The van der Waals surface area contributed by atoms with E-state index in [4.69, 9.17) is 4.52 Å². The van der Waals surface area contributed by atoms with Crippen molar-refractivity contribution in [3.8, 4) is 0 Å². The second-order valence-electron chi connectivity index (χ2n) is 3.17. The van der Waals surface area contributed by atoms with E-state index < -0.39 is 12.5 Å². The van der Waals surface area contributed by atoms with Crippen molar-refractivity contribution in [2.24, 2.45) is 0 Å². The number of nitro groups is 1. The summed E-state index contributed by atoms with van der Waals surface area (Å²) in [5.41, 5.74) is 0.263. The second-order valence-corrected chi connectivity index (χ2v) is 4.95. The van der Waals surface area contributed by atoms with Gasteiger partial charge in [0.1, 0.15) is 0 Å². The van der Waals surface area contributed by atoms with Gasteiger partial charge in [-0.25, -0.2) is 0 Å². The van der Waals surface area contributed by atoms with Gasteiger partial charge < -0.3 is 9.42 Å². The van der Waals surface area contributed by atoms with Crippen molar-refractivity contribution < 1.29 is 18.9 Å². The predicted molar refractivity (Wildman–Crippen MR) is 58.9 cm³/mol. The highest BCUT2D eigenvalue weighted by molar-refractivity contribution is 7.61. The van der Waals surface area contributed by atoms with Crippen LogP contribution in [0, 0.1) is 17.0 Å². The molecule has 6 nitrogen and oxygen atoms in total. The first-order chi connectivity index (χ1) is 7.38. The Morgan fingerprint density at radius 2 is 2.19 bits per heavy atom. The van der Waals surface area contributed by atoms with E-state index >= 15 is 0 Å². The molecule has 0 radical (unpaired) electrons. The van der Waals surface area contributed by atoms with Crippen LogP contribution in [0.15, 0.2) is 18.2 Å². The average molecular weight is 245 g/mol. The van der Waals surface area contributed by atoms with Crippen molar-refractivity contribution >= 4 is 18.6 Å². The van der Waals surface area contributed by atoms with Crippen LogP contribution in [0.25, 0.3) is 0 Å². The monoisotopic (exact) mass is 245 g/mol. The first-order valence-electron chi connectivity index (χ1n) is 4.61. The molecule has 1 atom stereocenters. The van der Waals surface area contributed by atoms with Gasteiger partial charge in [-0.15, -0.1) is 0 Å². The van der Waals surface area contributed by atoms with E-state index in [0.717, 1.165) is 6.07 Å². The molecule has 0 aromatic heterocycles. The fraction of sp³-hybridized carbons (Fsp3) is 0.333. The SMILES string of the molecule is CCOP(=O)(O)c1cc([N+](=O)[O-])ccc1C. The molecular weight excluding hydrogens is 233 g/mol. The van der Waals surface area contributed by atoms with Crippen LogP contribution < -0.4 is 5.30 Å². The molecule has 0 spiro atoms. The molecule has 0 bridgehead atoms. The number of hydrogen-bond acceptors (Lipinski definition) is 4. The molecule has 0 saturated carbocycles. The van der Waals surface area contributed by atoms with Crippen molar-refractivity contribution in [2.45, 2.75) is 13.8 Å². The highest BCUT2D eigenvalue weighted by atomic mass is 31.2. The van der Waals surface area contributed by atoms with Gasteiger partial charge in [-0.05, 0) is 19.4 Å². The molecule has 16 heavy (non-hydrogen) atoms. The molecule has 0 aliphatic heterocycles. The summed E-state index contributed by atoms with van der Waals surface area (Å²) in [4.78, 5) is 19.5. The van der Waals surface area contributed by atoms with Crippen molar-refractivity contribution in [1.29, 1.82) is 0 Å². The molecule has 1 rings (SSSR count). The maximum atomic E-state index is 11.7. The smallest absolute Gasteiger partial charge is 0.321 e. The Kier molecular flexibility index (Phi) is 3.80. The van der Waals surface area contributed by atoms with Crippen LogP contribution >= 0.6 is 7.60 Å². The molecule has 0 heterocycles. The number of nitro benzene ring substituents is 1. The molecular formula is C9H12NO5P. The van der Waals surface area contributed by atoms with Crippen LogP contribution in [0.2, 0.25) is 0 Å². The number of hydrogen-bond donors (Lipinski definition) is 1. The summed E-state index contributed by atoms with van der Waals surface area (Å²) in [5, 5.41) is 10.5. The standard InChI is InChI=1S/C9H12NO5P/c1-3-15-16(13,14)9-6-8(10(11)12)5-4-7(9)2/h4-6H,3H2,1-2H3,(H,13,14). The van der Waals surface area contributed by atoms with Gasteiger partial charge in [-0.1, -0.05) is 6.07 Å². The van der Waals surface area contributed by atoms with Crippen molar-refractivity contribution in [2.75, 3.05) is 6.61 Å². The van der Waals surface area contributed by atoms with Gasteiger partial charge in [-0.3, -0.25) is 14.7 Å². The van der Waals surface area contributed by atoms with Gasteiger partial charge in [-0.2, -0.15) is 0 Å². The molecule has 1 N–H and O–H groups in total. The first kappa shape index (κ1) is 12.8. The van der Waals surface area contributed by atoms with E-state index in [-0.39, 0.29) is 17.6 Å². The molecule has 0 aliphatic rings. The quantitative estimate of drug-likeness (QED) is 0.495. The molecule has 1 aromatic carbocycles. The van der Waals surface area contributed by atoms with E-state index in [1.165, 1.54) is 12.1 Å². The fourth-order valence-electron chi connectivity index (χ4n) is 1.26. The minimum Gasteiger partial charge on any atom is -0.321 e. The number of benzene rings is 1. The predicted octanol–water partition coefficient (Wildman–Crippen LogP) is 1.75. The summed E-state index contributed by atoms with van der Waals surface area (Å²) in [6.07, 6.45) is 0. The van der Waals surface area contributed by atoms with Gasteiger partial charge in [0.2, 0.25) is 0 Å². The van der Waals surface area contributed by atoms with Gasteiger partial charge in [0.15, 0.2) is 0 Å². The van der Waals surface area contributed by atoms with Crippen LogP contribution in [0.3, 0.4) is 0 Å². The third kappa shape index (κ3) is 2.66. The van der Waals surface area contributed by atoms with Gasteiger partial charge in [0.25, 0.3) is 5.69 Å². The first-order valence-corrected chi connectivity index (χ1v) is 6.19. The Morgan fingerprint density at radius 1 is 1.56 bits per heavy atom. The lowest BCUT2D eigenvalue weighted by Gasteiger charge is -2.12. The van der Waals surface area contributed by atoms with Crippen molar-refractivity contribution in [1.82, 2.24) is 0 Å². The van der Waals surface area contributed by atoms with Crippen LogP contribution in [-0.2, 0) is 9.09 Å². The lowest BCUT2D eigenvalue weighted by molar-refractivity contribution is -0.384. The Hall–Kier alpha value is -1.23. The van der Waals surface area contributed by atoms with Gasteiger partial charge >= 0.3 is 7.60 Å². The zero-order valence-corrected chi connectivity index (χ0v) is 9.81. The minimum atomic E-state index is -3.95. The number of non-ortho nitro benzene ring substituents is 1. The highest BCUT2D eigenvalue weighted by Crippen LogP contribution is 2.42. The number of rotatable bonds is 4. The third-order valence-electron chi connectivity index (χ3n) is 2.01. The van der Waals surface area contributed by atoms with Crippen LogP contribution in [0.5, 0.6) is 0 Å². The summed E-state index contributed by atoms with van der Waals surface area (Å²) in [6, 6.07) is 3.78. The number of nitrogens with zero attached hydrogens (tertiary/aromatic N) is 1. The van der Waals surface area contributed by atoms with Crippen LogP contribution in [0.1, 0.15) is 12.5 Å². The molecule has 88 valence electrons. The van der Waals surface area contributed by atoms with E-state index in [2.05, 4.69) is 0 Å². The summed E-state index contributed by atoms with van der Waals surface area (Å²) in [7, 11) is -3.95. The topological polar surface area (TPSA) is 89.7 Å². The van der Waals surface area contributed by atoms with E-state index in [1.54, 1.807) is 13.8 Å². The minimum absolute atomic E-state index is 0.0245. The summed E-state index contributed by atoms with van der Waals surface area (Å²) < 4.78 is 16.4. The molecule has 0 saturated heterocycles. The molecule has 1 unspecified atom stereocenters. The van der Waals surface area contributed by atoms with Crippen molar-refractivity contribution in [3.63, 3.8) is 0 Å². The Labute approximate surface area is 92.5 Å². The molecule has 0 amide bonds. The van der Waals surface area contributed by atoms with E-state index in [0.29, 0.717) is 5.56 Å². The van der Waals surface area contributed by atoms with Gasteiger partial charge in [0, 0.05) is 12.1 Å². The Morgan fingerprint density at radius 3 is 2.69 bits per heavy atom. The lowest BCUT2D eigenvalue weighted by Crippen LogP contribution is -2.11. The maximum absolute atomic E-state index is 11.7. The normalized spacial score (nSPS) is 14.4. The summed E-state index contributed by atoms with van der Waals surface area (Å²) in [6.45, 7) is 3.24.